The van der Waals surface area contributed by atoms with Crippen molar-refractivity contribution < 1.29 is 19.6 Å². The van der Waals surface area contributed by atoms with Crippen molar-refractivity contribution in [3.8, 4) is 6.07 Å². The first-order valence-electron chi connectivity index (χ1n) is 6.01. The van der Waals surface area contributed by atoms with Gasteiger partial charge in [0.2, 0.25) is 0 Å². The minimum absolute atomic E-state index is 0.0561. The van der Waals surface area contributed by atoms with E-state index in [1.807, 2.05) is 0 Å². The van der Waals surface area contributed by atoms with Gasteiger partial charge in [-0.15, -0.1) is 0 Å². The molecule has 7 nitrogen and oxygen atoms in total. The fourth-order valence-corrected chi connectivity index (χ4v) is 1.94. The maximum absolute atomic E-state index is 12.4. The van der Waals surface area contributed by atoms with Gasteiger partial charge in [0, 0.05) is 17.2 Å². The van der Waals surface area contributed by atoms with Crippen LogP contribution in [0.1, 0.15) is 31.8 Å². The molecule has 0 fully saturated rings. The number of hydrogen-bond acceptors (Lipinski definition) is 5. The van der Waals surface area contributed by atoms with Gasteiger partial charge in [0.1, 0.15) is 11.6 Å². The van der Waals surface area contributed by atoms with E-state index in [9.17, 15) is 19.7 Å². The Morgan fingerprint density at radius 2 is 1.77 bits per heavy atom. The molecule has 0 aliphatic rings. The lowest BCUT2D eigenvalue weighted by atomic mass is 9.97. The van der Waals surface area contributed by atoms with Crippen LogP contribution in [0, 0.1) is 21.4 Å². The summed E-state index contributed by atoms with van der Waals surface area (Å²) in [6, 6.07) is 10.6. The van der Waals surface area contributed by atoms with Crippen molar-refractivity contribution in [1.29, 1.82) is 5.26 Å². The molecule has 0 aliphatic carbocycles. The van der Waals surface area contributed by atoms with Gasteiger partial charge >= 0.3 is 5.97 Å². The number of nitro benzene ring substituents is 1. The van der Waals surface area contributed by atoms with E-state index in [4.69, 9.17) is 10.4 Å². The second-order valence-corrected chi connectivity index (χ2v) is 4.28. The summed E-state index contributed by atoms with van der Waals surface area (Å²) >= 11 is 0. The van der Waals surface area contributed by atoms with Crippen molar-refractivity contribution in [2.24, 2.45) is 0 Å². The molecule has 0 radical (unpaired) electrons. The zero-order chi connectivity index (χ0) is 16.3. The lowest BCUT2D eigenvalue weighted by molar-refractivity contribution is -0.385. The number of ketones is 1. The van der Waals surface area contributed by atoms with Crippen molar-refractivity contribution in [1.82, 2.24) is 0 Å². The molecule has 1 N–H and O–H groups in total. The second-order valence-electron chi connectivity index (χ2n) is 4.28. The van der Waals surface area contributed by atoms with Crippen LogP contribution in [0.5, 0.6) is 0 Å². The molecule has 2 rings (SSSR count). The molecule has 108 valence electrons. The highest BCUT2D eigenvalue weighted by Crippen LogP contribution is 2.22. The van der Waals surface area contributed by atoms with Crippen LogP contribution in [0.4, 0.5) is 5.69 Å². The quantitative estimate of drug-likeness (QED) is 0.525. The van der Waals surface area contributed by atoms with Crippen LogP contribution in [0.25, 0.3) is 0 Å². The minimum atomic E-state index is -1.27. The zero-order valence-corrected chi connectivity index (χ0v) is 11.0. The van der Waals surface area contributed by atoms with Crippen molar-refractivity contribution in [3.05, 3.63) is 74.8 Å². The maximum Gasteiger partial charge on any atom is 0.336 e. The van der Waals surface area contributed by atoms with Crippen LogP contribution in [0.15, 0.2) is 42.5 Å². The predicted octanol–water partition coefficient (Wildman–Crippen LogP) is 2.40. The number of hydrogen-bond donors (Lipinski definition) is 1. The molecule has 0 unspecified atom stereocenters. The number of nitrogens with zero attached hydrogens (tertiary/aromatic N) is 2. The lowest BCUT2D eigenvalue weighted by Crippen LogP contribution is -2.10. The number of nitriles is 1. The summed E-state index contributed by atoms with van der Waals surface area (Å²) in [7, 11) is 0. The second kappa shape index (κ2) is 5.85. The van der Waals surface area contributed by atoms with Crippen LogP contribution >= 0.6 is 0 Å². The minimum Gasteiger partial charge on any atom is -0.478 e. The van der Waals surface area contributed by atoms with E-state index in [-0.39, 0.29) is 22.3 Å². The number of benzene rings is 2. The molecular weight excluding hydrogens is 288 g/mol. The average Bonchev–Trinajstić information content (AvgIpc) is 2.53. The summed E-state index contributed by atoms with van der Waals surface area (Å²) < 4.78 is 0. The van der Waals surface area contributed by atoms with Crippen molar-refractivity contribution >= 4 is 17.4 Å². The number of carbonyl (C=O) groups is 2. The van der Waals surface area contributed by atoms with Crippen LogP contribution < -0.4 is 0 Å². The fourth-order valence-electron chi connectivity index (χ4n) is 1.94. The molecule has 7 heteroatoms. The SMILES string of the molecule is N#Cc1ccc(C(=O)c2ccccc2C(=O)O)cc1[N+](=O)[O-]. The number of carbonyl (C=O) groups excluding carboxylic acids is 1. The molecule has 22 heavy (non-hydrogen) atoms. The van der Waals surface area contributed by atoms with E-state index >= 15 is 0 Å². The topological polar surface area (TPSA) is 121 Å². The molecule has 0 aromatic heterocycles. The highest BCUT2D eigenvalue weighted by molar-refractivity contribution is 6.14. The summed E-state index contributed by atoms with van der Waals surface area (Å²) in [6.07, 6.45) is 0. The standard InChI is InChI=1S/C15H8N2O5/c16-8-10-6-5-9(7-13(10)17(21)22)14(18)11-3-1-2-4-12(11)15(19)20/h1-7H,(H,19,20). The molecule has 0 bridgehead atoms. The van der Waals surface area contributed by atoms with Gasteiger partial charge in [-0.25, -0.2) is 4.79 Å². The Balaban J connectivity index is 2.56. The monoisotopic (exact) mass is 296 g/mol. The Labute approximate surface area is 124 Å². The summed E-state index contributed by atoms with van der Waals surface area (Å²) in [5.41, 5.74) is -0.998. The Morgan fingerprint density at radius 1 is 1.14 bits per heavy atom. The molecule has 0 aliphatic heterocycles. The lowest BCUT2D eigenvalue weighted by Gasteiger charge is -2.05. The van der Waals surface area contributed by atoms with Crippen LogP contribution in [0.2, 0.25) is 0 Å². The fraction of sp³-hybridized carbons (Fsp3) is 0. The normalized spacial score (nSPS) is 9.77. The smallest absolute Gasteiger partial charge is 0.336 e. The number of carboxylic acid groups (broad SMARTS) is 1. The maximum atomic E-state index is 12.4. The van der Waals surface area contributed by atoms with Gasteiger partial charge in [-0.1, -0.05) is 18.2 Å². The molecule has 0 atom stereocenters. The molecule has 0 amide bonds. The number of rotatable bonds is 4. The summed E-state index contributed by atoms with van der Waals surface area (Å²) in [5, 5.41) is 28.8. The summed E-state index contributed by atoms with van der Waals surface area (Å²) in [6.45, 7) is 0. The molecule has 0 spiro atoms. The first-order chi connectivity index (χ1) is 10.5. The number of carboxylic acids is 1. The van der Waals surface area contributed by atoms with Crippen molar-refractivity contribution in [3.63, 3.8) is 0 Å². The molecule has 0 heterocycles. The summed E-state index contributed by atoms with van der Waals surface area (Å²) in [5.74, 6) is -1.93. The average molecular weight is 296 g/mol. The first-order valence-corrected chi connectivity index (χ1v) is 6.01. The van der Waals surface area contributed by atoms with E-state index in [0.29, 0.717) is 0 Å². The van der Waals surface area contributed by atoms with Crippen LogP contribution in [-0.2, 0) is 0 Å². The molecule has 0 saturated carbocycles. The molecular formula is C15H8N2O5. The number of nitro groups is 1. The highest BCUT2D eigenvalue weighted by Gasteiger charge is 2.21. The van der Waals surface area contributed by atoms with Crippen LogP contribution in [0.3, 0.4) is 0 Å². The van der Waals surface area contributed by atoms with Gasteiger partial charge in [0.15, 0.2) is 5.78 Å². The van der Waals surface area contributed by atoms with Gasteiger partial charge in [0.05, 0.1) is 10.5 Å². The predicted molar refractivity (Wildman–Crippen MR) is 74.6 cm³/mol. The van der Waals surface area contributed by atoms with E-state index in [0.717, 1.165) is 12.1 Å². The van der Waals surface area contributed by atoms with Crippen molar-refractivity contribution in [2.75, 3.05) is 0 Å². The van der Waals surface area contributed by atoms with Gasteiger partial charge in [-0.05, 0) is 18.2 Å². The molecule has 2 aromatic carbocycles. The highest BCUT2D eigenvalue weighted by atomic mass is 16.6. The summed E-state index contributed by atoms with van der Waals surface area (Å²) in [4.78, 5) is 33.7. The number of aromatic carboxylic acids is 1. The zero-order valence-electron chi connectivity index (χ0n) is 11.0. The third kappa shape index (κ3) is 2.66. The van der Waals surface area contributed by atoms with Crippen LogP contribution in [-0.4, -0.2) is 21.8 Å². The van der Waals surface area contributed by atoms with Gasteiger partial charge in [0.25, 0.3) is 5.69 Å². The first kappa shape index (κ1) is 14.9. The van der Waals surface area contributed by atoms with E-state index in [2.05, 4.69) is 0 Å². The van der Waals surface area contributed by atoms with E-state index < -0.39 is 22.4 Å². The Morgan fingerprint density at radius 3 is 2.32 bits per heavy atom. The van der Waals surface area contributed by atoms with Gasteiger partial charge < -0.3 is 5.11 Å². The third-order valence-electron chi connectivity index (χ3n) is 2.98. The van der Waals surface area contributed by atoms with E-state index in [1.165, 1.54) is 30.3 Å². The Kier molecular flexibility index (Phi) is 3.95. The Bertz CT molecular complexity index is 836. The molecule has 2 aromatic rings. The third-order valence-corrected chi connectivity index (χ3v) is 2.98. The Hall–Kier alpha value is -3.53. The van der Waals surface area contributed by atoms with Gasteiger partial charge in [-0.3, -0.25) is 14.9 Å². The van der Waals surface area contributed by atoms with Gasteiger partial charge in [-0.2, -0.15) is 5.26 Å². The molecule has 0 saturated heterocycles. The largest absolute Gasteiger partial charge is 0.478 e. The van der Waals surface area contributed by atoms with Crippen molar-refractivity contribution in [2.45, 2.75) is 0 Å². The van der Waals surface area contributed by atoms with E-state index in [1.54, 1.807) is 6.07 Å².